The summed E-state index contributed by atoms with van der Waals surface area (Å²) in [5, 5.41) is 3.75. The van der Waals surface area contributed by atoms with E-state index in [4.69, 9.17) is 0 Å². The van der Waals surface area contributed by atoms with Crippen molar-refractivity contribution < 1.29 is 0 Å². The SMILES string of the molecule is CC12CCCCC1(C)c1ccccc1N2. The number of fused-ring (bicyclic) bond motifs is 3. The fourth-order valence-electron chi connectivity index (χ4n) is 3.51. The summed E-state index contributed by atoms with van der Waals surface area (Å²) >= 11 is 0. The highest BCUT2D eigenvalue weighted by molar-refractivity contribution is 5.64. The molecule has 1 fully saturated rings. The second-order valence-electron chi connectivity index (χ2n) is 5.54. The Balaban J connectivity index is 2.17. The molecule has 1 N–H and O–H groups in total. The molecule has 1 aromatic rings. The van der Waals surface area contributed by atoms with Crippen molar-refractivity contribution in [2.24, 2.45) is 0 Å². The highest BCUT2D eigenvalue weighted by Crippen LogP contribution is 2.54. The van der Waals surface area contributed by atoms with Gasteiger partial charge in [0.2, 0.25) is 0 Å². The second-order valence-corrected chi connectivity index (χ2v) is 5.54. The van der Waals surface area contributed by atoms with Gasteiger partial charge < -0.3 is 5.32 Å². The van der Waals surface area contributed by atoms with E-state index in [2.05, 4.69) is 43.4 Å². The molecular weight excluding hydrogens is 182 g/mol. The molecule has 0 spiro atoms. The largest absolute Gasteiger partial charge is 0.379 e. The summed E-state index contributed by atoms with van der Waals surface area (Å²) in [6, 6.07) is 8.84. The van der Waals surface area contributed by atoms with Gasteiger partial charge in [0.05, 0.1) is 0 Å². The van der Waals surface area contributed by atoms with Crippen LogP contribution in [0, 0.1) is 0 Å². The normalized spacial score (nSPS) is 38.0. The average Bonchev–Trinajstić information content (AvgIpc) is 2.47. The van der Waals surface area contributed by atoms with Gasteiger partial charge in [0.25, 0.3) is 0 Å². The maximum Gasteiger partial charge on any atom is 0.0440 e. The van der Waals surface area contributed by atoms with E-state index in [0.717, 1.165) is 0 Å². The quantitative estimate of drug-likeness (QED) is 0.675. The lowest BCUT2D eigenvalue weighted by molar-refractivity contribution is 0.214. The first kappa shape index (κ1) is 9.26. The van der Waals surface area contributed by atoms with Gasteiger partial charge >= 0.3 is 0 Å². The maximum absolute atomic E-state index is 3.75. The molecule has 0 bridgehead atoms. The van der Waals surface area contributed by atoms with Crippen molar-refractivity contribution in [3.05, 3.63) is 29.8 Å². The maximum atomic E-state index is 3.75. The molecule has 1 saturated carbocycles. The molecule has 15 heavy (non-hydrogen) atoms. The minimum Gasteiger partial charge on any atom is -0.379 e. The first-order valence-electron chi connectivity index (χ1n) is 6.03. The van der Waals surface area contributed by atoms with Crippen molar-refractivity contribution in [3.63, 3.8) is 0 Å². The van der Waals surface area contributed by atoms with E-state index in [9.17, 15) is 0 Å². The number of rotatable bonds is 0. The Kier molecular flexibility index (Phi) is 1.72. The van der Waals surface area contributed by atoms with Crippen LogP contribution in [0.15, 0.2) is 24.3 Å². The van der Waals surface area contributed by atoms with Crippen molar-refractivity contribution in [1.82, 2.24) is 0 Å². The molecule has 80 valence electrons. The zero-order chi connectivity index (χ0) is 10.5. The fourth-order valence-corrected chi connectivity index (χ4v) is 3.51. The lowest BCUT2D eigenvalue weighted by Crippen LogP contribution is -2.50. The Morgan fingerprint density at radius 3 is 2.67 bits per heavy atom. The molecule has 1 aliphatic heterocycles. The molecule has 0 radical (unpaired) electrons. The summed E-state index contributed by atoms with van der Waals surface area (Å²) in [7, 11) is 0. The predicted octanol–water partition coefficient (Wildman–Crippen LogP) is 3.70. The lowest BCUT2D eigenvalue weighted by atomic mass is 9.62. The zero-order valence-electron chi connectivity index (χ0n) is 9.64. The Morgan fingerprint density at radius 2 is 1.80 bits per heavy atom. The number of hydrogen-bond donors (Lipinski definition) is 1. The van der Waals surface area contributed by atoms with Crippen molar-refractivity contribution >= 4 is 5.69 Å². The van der Waals surface area contributed by atoms with Gasteiger partial charge in [-0.15, -0.1) is 0 Å². The van der Waals surface area contributed by atoms with Gasteiger partial charge in [-0.2, -0.15) is 0 Å². The van der Waals surface area contributed by atoms with E-state index >= 15 is 0 Å². The first-order chi connectivity index (χ1) is 7.16. The highest BCUT2D eigenvalue weighted by atomic mass is 15.0. The van der Waals surface area contributed by atoms with Crippen molar-refractivity contribution in [2.75, 3.05) is 5.32 Å². The number of para-hydroxylation sites is 1. The minimum atomic E-state index is 0.287. The fraction of sp³-hybridized carbons (Fsp3) is 0.571. The summed E-state index contributed by atoms with van der Waals surface area (Å²) in [6.45, 7) is 4.83. The molecular formula is C14H19N. The smallest absolute Gasteiger partial charge is 0.0440 e. The molecule has 1 aromatic carbocycles. The molecule has 3 rings (SSSR count). The van der Waals surface area contributed by atoms with E-state index in [-0.39, 0.29) is 5.54 Å². The van der Waals surface area contributed by atoms with Crippen LogP contribution in [0.5, 0.6) is 0 Å². The van der Waals surface area contributed by atoms with Crippen molar-refractivity contribution in [3.8, 4) is 0 Å². The first-order valence-corrected chi connectivity index (χ1v) is 6.03. The van der Waals surface area contributed by atoms with Crippen molar-refractivity contribution in [1.29, 1.82) is 0 Å². The van der Waals surface area contributed by atoms with Crippen LogP contribution in [0.25, 0.3) is 0 Å². The zero-order valence-corrected chi connectivity index (χ0v) is 9.64. The summed E-state index contributed by atoms with van der Waals surface area (Å²) < 4.78 is 0. The molecule has 2 aliphatic rings. The van der Waals surface area contributed by atoms with Crippen LogP contribution in [-0.4, -0.2) is 5.54 Å². The number of nitrogens with one attached hydrogen (secondary N) is 1. The highest BCUT2D eigenvalue weighted by Gasteiger charge is 2.52. The van der Waals surface area contributed by atoms with Gasteiger partial charge in [0.15, 0.2) is 0 Å². The van der Waals surface area contributed by atoms with Crippen molar-refractivity contribution in [2.45, 2.75) is 50.5 Å². The molecule has 1 heterocycles. The van der Waals surface area contributed by atoms with E-state index in [1.165, 1.54) is 36.9 Å². The number of anilines is 1. The monoisotopic (exact) mass is 201 g/mol. The molecule has 0 aromatic heterocycles. The van der Waals surface area contributed by atoms with Gasteiger partial charge in [-0.05, 0) is 31.4 Å². The number of benzene rings is 1. The average molecular weight is 201 g/mol. The third-order valence-electron chi connectivity index (χ3n) is 4.75. The third kappa shape index (κ3) is 1.04. The van der Waals surface area contributed by atoms with Gasteiger partial charge in [-0.3, -0.25) is 0 Å². The van der Waals surface area contributed by atoms with Gasteiger partial charge in [-0.25, -0.2) is 0 Å². The molecule has 0 saturated heterocycles. The van der Waals surface area contributed by atoms with E-state index in [1.54, 1.807) is 0 Å². The minimum absolute atomic E-state index is 0.287. The van der Waals surface area contributed by atoms with Gasteiger partial charge in [0, 0.05) is 16.6 Å². The third-order valence-corrected chi connectivity index (χ3v) is 4.75. The van der Waals surface area contributed by atoms with Crippen LogP contribution in [0.1, 0.15) is 45.1 Å². The summed E-state index contributed by atoms with van der Waals surface area (Å²) in [4.78, 5) is 0. The molecule has 1 nitrogen and oxygen atoms in total. The van der Waals surface area contributed by atoms with Crippen LogP contribution in [0.2, 0.25) is 0 Å². The van der Waals surface area contributed by atoms with E-state index < -0.39 is 0 Å². The second kappa shape index (κ2) is 2.78. The van der Waals surface area contributed by atoms with E-state index in [1.807, 2.05) is 0 Å². The standard InChI is InChI=1S/C14H19N/c1-13-9-5-6-10-14(13,2)15-12-8-4-3-7-11(12)13/h3-4,7-8,15H,5-6,9-10H2,1-2H3. The summed E-state index contributed by atoms with van der Waals surface area (Å²) in [6.07, 6.45) is 5.38. The Labute approximate surface area is 91.9 Å². The molecule has 2 unspecified atom stereocenters. The molecule has 1 heteroatoms. The van der Waals surface area contributed by atoms with Crippen LogP contribution in [0.3, 0.4) is 0 Å². The van der Waals surface area contributed by atoms with Gasteiger partial charge in [-0.1, -0.05) is 38.0 Å². The Morgan fingerprint density at radius 1 is 1.07 bits per heavy atom. The molecule has 2 atom stereocenters. The van der Waals surface area contributed by atoms with E-state index in [0.29, 0.717) is 5.41 Å². The van der Waals surface area contributed by atoms with Crippen LogP contribution in [0.4, 0.5) is 5.69 Å². The summed E-state index contributed by atoms with van der Waals surface area (Å²) in [5.41, 5.74) is 3.54. The molecule has 0 amide bonds. The Hall–Kier alpha value is -0.980. The predicted molar refractivity (Wildman–Crippen MR) is 64.3 cm³/mol. The Bertz CT molecular complexity index is 398. The lowest BCUT2D eigenvalue weighted by Gasteiger charge is -2.45. The van der Waals surface area contributed by atoms with Gasteiger partial charge in [0.1, 0.15) is 0 Å². The van der Waals surface area contributed by atoms with Crippen LogP contribution < -0.4 is 5.32 Å². The van der Waals surface area contributed by atoms with Crippen LogP contribution in [-0.2, 0) is 5.41 Å². The topological polar surface area (TPSA) is 12.0 Å². The van der Waals surface area contributed by atoms with Crippen LogP contribution >= 0.6 is 0 Å². The molecule has 1 aliphatic carbocycles. The number of hydrogen-bond acceptors (Lipinski definition) is 1. The summed E-state index contributed by atoms with van der Waals surface area (Å²) in [5.74, 6) is 0.